The quantitative estimate of drug-likeness (QED) is 0.0875. The van der Waals surface area contributed by atoms with Crippen molar-refractivity contribution >= 4 is 50.9 Å². The van der Waals surface area contributed by atoms with E-state index in [1.807, 2.05) is 48.2 Å². The number of hydrogen-bond acceptors (Lipinski definition) is 14. The summed E-state index contributed by atoms with van der Waals surface area (Å²) in [6, 6.07) is 16.1. The lowest BCUT2D eigenvalue weighted by Gasteiger charge is -2.56. The van der Waals surface area contributed by atoms with Crippen molar-refractivity contribution in [2.75, 3.05) is 89.2 Å². The molecule has 2 saturated carbocycles. The highest BCUT2D eigenvalue weighted by atomic mass is 19.1. The van der Waals surface area contributed by atoms with Crippen LogP contribution in [0.4, 0.5) is 15.9 Å². The number of hydrogen-bond donors (Lipinski definition) is 2. The molecule has 7 heterocycles. The Bertz CT molecular complexity index is 3010. The molecule has 1 spiro atoms. The summed E-state index contributed by atoms with van der Waals surface area (Å²) in [4.78, 5) is 63.5. The fraction of sp³-hybridized carbons (Fsp3) is 0.544. The number of anilines is 2. The average molecular weight is 1010 g/mol. The van der Waals surface area contributed by atoms with Gasteiger partial charge in [0.2, 0.25) is 11.8 Å². The van der Waals surface area contributed by atoms with Crippen molar-refractivity contribution in [3.63, 3.8) is 0 Å². The first-order valence-electron chi connectivity index (χ1n) is 26.9. The molecule has 2 N–H and O–H groups in total. The number of imide groups is 1. The molecule has 5 aromatic rings. The Labute approximate surface area is 431 Å². The highest BCUT2D eigenvalue weighted by molar-refractivity contribution is 6.06. The minimum absolute atomic E-state index is 0.0129. The number of amides is 3. The van der Waals surface area contributed by atoms with Crippen molar-refractivity contribution in [1.82, 2.24) is 35.0 Å². The Morgan fingerprint density at radius 3 is 2.45 bits per heavy atom. The fourth-order valence-electron chi connectivity index (χ4n) is 13.2. The van der Waals surface area contributed by atoms with E-state index >= 15 is 4.39 Å². The molecule has 5 aliphatic heterocycles. The van der Waals surface area contributed by atoms with E-state index in [0.717, 1.165) is 99.1 Å². The maximum absolute atomic E-state index is 17.4. The molecule has 6 fully saturated rings. The number of aromatic nitrogens is 3. The number of nitrogens with one attached hydrogen (secondary N) is 1. The first-order chi connectivity index (χ1) is 35.8. The predicted molar refractivity (Wildman–Crippen MR) is 279 cm³/mol. The summed E-state index contributed by atoms with van der Waals surface area (Å²) in [5, 5.41) is 15.9. The van der Waals surface area contributed by atoms with E-state index in [0.29, 0.717) is 78.6 Å². The molecule has 0 radical (unpaired) electrons. The van der Waals surface area contributed by atoms with Crippen molar-refractivity contribution in [3.8, 4) is 23.0 Å². The summed E-state index contributed by atoms with van der Waals surface area (Å²) in [6.07, 6.45) is 11.5. The lowest BCUT2D eigenvalue weighted by molar-refractivity contribution is -0.136. The Kier molecular flexibility index (Phi) is 12.7. The Morgan fingerprint density at radius 2 is 1.70 bits per heavy atom. The molecule has 17 heteroatoms. The molecule has 12 rings (SSSR count). The molecule has 16 nitrogen and oxygen atoms in total. The van der Waals surface area contributed by atoms with Crippen LogP contribution in [0.5, 0.6) is 11.8 Å². The number of pyridine rings is 1. The molecule has 390 valence electrons. The third-order valence-corrected chi connectivity index (χ3v) is 17.6. The number of rotatable bonds is 14. The van der Waals surface area contributed by atoms with Gasteiger partial charge in [-0.05, 0) is 142 Å². The van der Waals surface area contributed by atoms with Gasteiger partial charge in [-0.15, -0.1) is 0 Å². The summed E-state index contributed by atoms with van der Waals surface area (Å²) in [7, 11) is 1.57. The number of carbonyl (C=O) groups is 3. The van der Waals surface area contributed by atoms with Gasteiger partial charge >= 0.3 is 6.01 Å². The summed E-state index contributed by atoms with van der Waals surface area (Å²) >= 11 is 0. The standard InChI is InChI=1S/C57H68FN9O7/c1-4-36-7-5-8-37-26-41(74-35-72-3)27-43(47(36)37)49-48(58)50-44(30-59-49)51(66-18-6-13-55(2,71)32-66)62-54(61-50)73-34-57(14-15-57)33-63-19-16-56(17-20-63)28-40(29-56)65-23-21-64(22-24-65)39-9-10-42-38(25-39)31-67(53(42)70)45-11-12-46(68)60-52(45)69/h5,7-10,25-27,30,40,45,71H,4,6,11-24,28-29,31-35H2,1-3H3,(H,60,68,69)/t45-,55+/m0/s1. The average Bonchev–Trinajstić information content (AvgIpc) is 4.09. The van der Waals surface area contributed by atoms with Gasteiger partial charge in [0.05, 0.1) is 17.6 Å². The van der Waals surface area contributed by atoms with Gasteiger partial charge in [0, 0.05) is 100 Å². The number of aryl methyl sites for hydroxylation is 1. The van der Waals surface area contributed by atoms with Crippen LogP contribution in [0, 0.1) is 16.6 Å². The second kappa shape index (κ2) is 19.3. The van der Waals surface area contributed by atoms with Crippen molar-refractivity contribution in [2.24, 2.45) is 10.8 Å². The zero-order valence-corrected chi connectivity index (χ0v) is 43.0. The molecule has 0 unspecified atom stereocenters. The number of likely N-dealkylation sites (tertiary alicyclic amines) is 1. The van der Waals surface area contributed by atoms with Crippen LogP contribution in [-0.2, 0) is 27.3 Å². The van der Waals surface area contributed by atoms with Gasteiger partial charge in [0.1, 0.15) is 28.8 Å². The molecule has 0 bridgehead atoms. The Morgan fingerprint density at radius 1 is 0.892 bits per heavy atom. The van der Waals surface area contributed by atoms with Crippen LogP contribution in [0.3, 0.4) is 0 Å². The van der Waals surface area contributed by atoms with E-state index in [1.165, 1.54) is 25.7 Å². The predicted octanol–water partition coefficient (Wildman–Crippen LogP) is 6.87. The molecular weight excluding hydrogens is 942 g/mol. The number of β-amino-alcohol motifs (C(OH)–C–C–N with tert-alkyl or cyclic N) is 1. The summed E-state index contributed by atoms with van der Waals surface area (Å²) < 4.78 is 35.1. The van der Waals surface area contributed by atoms with E-state index in [-0.39, 0.29) is 53.6 Å². The molecule has 2 aliphatic carbocycles. The second-order valence-electron chi connectivity index (χ2n) is 22.8. The maximum atomic E-state index is 17.4. The molecule has 3 amide bonds. The van der Waals surface area contributed by atoms with Crippen LogP contribution in [0.1, 0.15) is 99.5 Å². The van der Waals surface area contributed by atoms with Gasteiger partial charge in [0.25, 0.3) is 5.91 Å². The van der Waals surface area contributed by atoms with Gasteiger partial charge in [-0.1, -0.05) is 25.1 Å². The van der Waals surface area contributed by atoms with E-state index in [4.69, 9.17) is 29.2 Å². The van der Waals surface area contributed by atoms with E-state index < -0.39 is 17.5 Å². The van der Waals surface area contributed by atoms with Crippen LogP contribution in [0.25, 0.3) is 32.9 Å². The number of methoxy groups -OCH3 is 1. The monoisotopic (exact) mass is 1010 g/mol. The van der Waals surface area contributed by atoms with Crippen LogP contribution in [-0.4, -0.2) is 150 Å². The highest BCUT2D eigenvalue weighted by Crippen LogP contribution is 2.53. The fourth-order valence-corrected chi connectivity index (χ4v) is 13.2. The van der Waals surface area contributed by atoms with Gasteiger partial charge in [0.15, 0.2) is 12.6 Å². The maximum Gasteiger partial charge on any atom is 0.319 e. The first kappa shape index (κ1) is 48.9. The third kappa shape index (κ3) is 9.31. The normalized spacial score (nSPS) is 24.1. The molecule has 2 aromatic heterocycles. The van der Waals surface area contributed by atoms with E-state index in [1.54, 1.807) is 18.2 Å². The van der Waals surface area contributed by atoms with Gasteiger partial charge in [-0.3, -0.25) is 29.6 Å². The number of carbonyl (C=O) groups excluding carboxylic acids is 3. The van der Waals surface area contributed by atoms with Crippen molar-refractivity contribution < 1.29 is 38.1 Å². The Balaban J connectivity index is 0.682. The number of piperidine rings is 3. The lowest BCUT2D eigenvalue weighted by Crippen LogP contribution is -2.59. The first-order valence-corrected chi connectivity index (χ1v) is 26.9. The largest absolute Gasteiger partial charge is 0.468 e. The van der Waals surface area contributed by atoms with E-state index in [2.05, 4.69) is 39.1 Å². The second-order valence-corrected chi connectivity index (χ2v) is 22.8. The van der Waals surface area contributed by atoms with Crippen LogP contribution >= 0.6 is 0 Å². The molecular formula is C57H68FN9O7. The zero-order chi connectivity index (χ0) is 50.9. The number of piperazine rings is 1. The lowest BCUT2D eigenvalue weighted by atomic mass is 9.60. The minimum atomic E-state index is -0.925. The minimum Gasteiger partial charge on any atom is -0.468 e. The third-order valence-electron chi connectivity index (χ3n) is 17.6. The van der Waals surface area contributed by atoms with Crippen molar-refractivity contribution in [1.29, 1.82) is 0 Å². The van der Waals surface area contributed by atoms with Crippen molar-refractivity contribution in [2.45, 2.75) is 109 Å². The molecule has 2 atom stereocenters. The summed E-state index contributed by atoms with van der Waals surface area (Å²) in [5.41, 5.74) is 4.17. The van der Waals surface area contributed by atoms with Gasteiger partial charge < -0.3 is 38.9 Å². The van der Waals surface area contributed by atoms with Crippen LogP contribution in [0.15, 0.2) is 54.7 Å². The van der Waals surface area contributed by atoms with Crippen molar-refractivity contribution in [3.05, 3.63) is 77.2 Å². The number of ether oxygens (including phenoxy) is 3. The number of nitrogens with zero attached hydrogens (tertiary/aromatic N) is 8. The molecule has 4 saturated heterocycles. The Hall–Kier alpha value is -6.01. The summed E-state index contributed by atoms with van der Waals surface area (Å²) in [5.74, 6) is -0.288. The number of aliphatic hydroxyl groups is 1. The molecule has 3 aromatic carbocycles. The van der Waals surface area contributed by atoms with E-state index in [9.17, 15) is 19.5 Å². The van der Waals surface area contributed by atoms with Gasteiger partial charge in [-0.25, -0.2) is 4.39 Å². The van der Waals surface area contributed by atoms with Crippen LogP contribution < -0.4 is 24.6 Å². The number of halogens is 1. The topological polar surface area (TPSA) is 166 Å². The zero-order valence-electron chi connectivity index (χ0n) is 43.0. The smallest absolute Gasteiger partial charge is 0.319 e. The summed E-state index contributed by atoms with van der Waals surface area (Å²) in [6.45, 7) is 12.8. The SMILES string of the molecule is CCc1cccc2cc(OCOC)cc(-c3ncc4c(N5CCC[C@@](C)(O)C5)nc(OCC5(CN6CCC7(CC6)CC(N6CCN(c8ccc9c(c8)CN([C@H]8CCC(=O)NC8=O)C9=O)CC6)C7)CC5)nc4c3F)c12. The highest BCUT2D eigenvalue weighted by Gasteiger charge is 2.51. The number of fused-ring (bicyclic) bond motifs is 3. The molecule has 7 aliphatic rings. The molecule has 74 heavy (non-hydrogen) atoms. The van der Waals surface area contributed by atoms with Gasteiger partial charge in [-0.2, -0.15) is 9.97 Å². The number of benzene rings is 3. The van der Waals surface area contributed by atoms with Crippen LogP contribution in [0.2, 0.25) is 0 Å².